The maximum atomic E-state index is 13.0. The Morgan fingerprint density at radius 2 is 1.97 bits per heavy atom. The van der Waals surface area contributed by atoms with Crippen molar-refractivity contribution in [1.82, 2.24) is 19.7 Å². The van der Waals surface area contributed by atoms with E-state index in [9.17, 15) is 9.59 Å². The molecule has 5 rings (SSSR count). The number of ether oxygens (including phenoxy) is 1. The van der Waals surface area contributed by atoms with E-state index in [0.29, 0.717) is 36.8 Å². The Labute approximate surface area is 190 Å². The highest BCUT2D eigenvalue weighted by atomic mass is 16.5. The molecular weight excluding hydrogens is 420 g/mol. The molecule has 3 heterocycles. The minimum absolute atomic E-state index is 0.0970. The minimum Gasteiger partial charge on any atom is -0.497 e. The van der Waals surface area contributed by atoms with Gasteiger partial charge in [-0.15, -0.1) is 0 Å². The Balaban J connectivity index is 1.26. The lowest BCUT2D eigenvalue weighted by molar-refractivity contribution is 0.0660. The number of hydrogen-bond donors (Lipinski definition) is 1. The fourth-order valence-electron chi connectivity index (χ4n) is 4.54. The summed E-state index contributed by atoms with van der Waals surface area (Å²) in [6, 6.07) is 15.1. The molecule has 0 aliphatic carbocycles. The van der Waals surface area contributed by atoms with Crippen molar-refractivity contribution in [3.05, 3.63) is 76.2 Å². The molecule has 1 aliphatic heterocycles. The highest BCUT2D eigenvalue weighted by Crippen LogP contribution is 2.27. The number of carbonyl (C=O) groups excluding carboxylic acids is 1. The molecule has 0 spiro atoms. The Morgan fingerprint density at radius 1 is 1.18 bits per heavy atom. The van der Waals surface area contributed by atoms with Gasteiger partial charge in [-0.25, -0.2) is 14.5 Å². The maximum absolute atomic E-state index is 13.0. The van der Waals surface area contributed by atoms with Crippen LogP contribution in [0, 0.1) is 12.8 Å². The fraction of sp³-hybridized carbons (Fsp3) is 0.320. The van der Waals surface area contributed by atoms with Crippen LogP contribution in [0.15, 0.2) is 57.7 Å². The molecule has 0 bridgehead atoms. The van der Waals surface area contributed by atoms with Crippen molar-refractivity contribution >= 4 is 16.9 Å². The van der Waals surface area contributed by atoms with Gasteiger partial charge in [-0.1, -0.05) is 18.2 Å². The number of para-hydroxylation sites is 1. The molecule has 8 nitrogen and oxygen atoms in total. The highest BCUT2D eigenvalue weighted by molar-refractivity contribution is 5.96. The summed E-state index contributed by atoms with van der Waals surface area (Å²) < 4.78 is 12.7. The van der Waals surface area contributed by atoms with Gasteiger partial charge in [0, 0.05) is 24.9 Å². The van der Waals surface area contributed by atoms with Gasteiger partial charge in [0.05, 0.1) is 12.8 Å². The number of nitrogens with zero attached hydrogens (tertiary/aromatic N) is 3. The molecule has 1 N–H and O–H groups in total. The highest BCUT2D eigenvalue weighted by Gasteiger charge is 2.27. The SMILES string of the molecule is COc1ccc2oc(C(=O)N3CCC(Cc4n[nH]c(=O)n4-c4ccccc4C)CC3)cc2c1. The number of likely N-dealkylation sites (tertiary alicyclic amines) is 1. The first kappa shape index (κ1) is 21.1. The molecule has 0 saturated carbocycles. The number of nitrogens with one attached hydrogen (secondary N) is 1. The smallest absolute Gasteiger partial charge is 0.347 e. The molecule has 1 saturated heterocycles. The standard InChI is InChI=1S/C25H26N4O4/c1-16-5-3-4-6-20(16)29-23(26-27-25(29)31)13-17-9-11-28(12-10-17)24(30)22-15-18-14-19(32-2)7-8-21(18)33-22/h3-8,14-15,17H,9-13H2,1-2H3,(H,27,31). The third-order valence-electron chi connectivity index (χ3n) is 6.41. The molecular formula is C25H26N4O4. The van der Waals surface area contributed by atoms with Crippen molar-refractivity contribution in [3.8, 4) is 11.4 Å². The molecule has 1 aliphatic rings. The average Bonchev–Trinajstić information content (AvgIpc) is 3.42. The second-order valence-electron chi connectivity index (χ2n) is 8.52. The van der Waals surface area contributed by atoms with Gasteiger partial charge in [0.15, 0.2) is 5.76 Å². The third-order valence-corrected chi connectivity index (χ3v) is 6.41. The largest absolute Gasteiger partial charge is 0.497 e. The van der Waals surface area contributed by atoms with Crippen LogP contribution in [0.25, 0.3) is 16.7 Å². The van der Waals surface area contributed by atoms with Gasteiger partial charge < -0.3 is 14.1 Å². The Kier molecular flexibility index (Phi) is 5.50. The molecule has 170 valence electrons. The zero-order chi connectivity index (χ0) is 22.9. The van der Waals surface area contributed by atoms with Crippen LogP contribution >= 0.6 is 0 Å². The number of amides is 1. The Hall–Kier alpha value is -3.81. The van der Waals surface area contributed by atoms with Crippen molar-refractivity contribution in [1.29, 1.82) is 0 Å². The van der Waals surface area contributed by atoms with Gasteiger partial charge >= 0.3 is 5.69 Å². The first-order valence-corrected chi connectivity index (χ1v) is 11.1. The average molecular weight is 447 g/mol. The number of rotatable bonds is 5. The van der Waals surface area contributed by atoms with Crippen LogP contribution in [-0.2, 0) is 6.42 Å². The Morgan fingerprint density at radius 3 is 2.73 bits per heavy atom. The molecule has 8 heteroatoms. The summed E-state index contributed by atoms with van der Waals surface area (Å²) in [7, 11) is 1.61. The summed E-state index contributed by atoms with van der Waals surface area (Å²) >= 11 is 0. The fourth-order valence-corrected chi connectivity index (χ4v) is 4.54. The minimum atomic E-state index is -0.228. The summed E-state index contributed by atoms with van der Waals surface area (Å²) in [6.07, 6.45) is 2.36. The molecule has 0 unspecified atom stereocenters. The summed E-state index contributed by atoms with van der Waals surface area (Å²) in [4.78, 5) is 27.3. The molecule has 4 aromatic rings. The number of aryl methyl sites for hydroxylation is 1. The topological polar surface area (TPSA) is 93.4 Å². The van der Waals surface area contributed by atoms with E-state index in [4.69, 9.17) is 9.15 Å². The van der Waals surface area contributed by atoms with Crippen LogP contribution < -0.4 is 10.4 Å². The van der Waals surface area contributed by atoms with E-state index in [1.807, 2.05) is 54.3 Å². The molecule has 2 aromatic carbocycles. The third kappa shape index (κ3) is 4.04. The van der Waals surface area contributed by atoms with E-state index < -0.39 is 0 Å². The predicted molar refractivity (Wildman–Crippen MR) is 124 cm³/mol. The molecule has 0 atom stereocenters. The number of furan rings is 1. The van der Waals surface area contributed by atoms with Crippen LogP contribution in [0.4, 0.5) is 0 Å². The van der Waals surface area contributed by atoms with E-state index >= 15 is 0 Å². The number of benzene rings is 2. The Bertz CT molecular complexity index is 1360. The molecule has 1 amide bonds. The molecule has 1 fully saturated rings. The molecule has 2 aromatic heterocycles. The molecule has 33 heavy (non-hydrogen) atoms. The summed E-state index contributed by atoms with van der Waals surface area (Å²) in [5, 5.41) is 7.73. The number of methoxy groups -OCH3 is 1. The van der Waals surface area contributed by atoms with Crippen molar-refractivity contribution in [2.45, 2.75) is 26.2 Å². The van der Waals surface area contributed by atoms with Gasteiger partial charge in [-0.05, 0) is 61.6 Å². The first-order valence-electron chi connectivity index (χ1n) is 11.1. The maximum Gasteiger partial charge on any atom is 0.347 e. The lowest BCUT2D eigenvalue weighted by Crippen LogP contribution is -2.39. The van der Waals surface area contributed by atoms with Gasteiger partial charge in [-0.2, -0.15) is 5.10 Å². The summed E-state index contributed by atoms with van der Waals surface area (Å²) in [5.41, 5.74) is 2.31. The number of aromatic amines is 1. The van der Waals surface area contributed by atoms with E-state index in [2.05, 4.69) is 10.2 Å². The van der Waals surface area contributed by atoms with Crippen LogP contribution in [0.2, 0.25) is 0 Å². The van der Waals surface area contributed by atoms with Gasteiger partial charge in [0.1, 0.15) is 17.2 Å². The second kappa shape index (κ2) is 8.61. The number of piperidine rings is 1. The normalized spacial score (nSPS) is 14.7. The van der Waals surface area contributed by atoms with E-state index in [0.717, 1.165) is 41.1 Å². The van der Waals surface area contributed by atoms with Crippen molar-refractivity contribution in [2.24, 2.45) is 5.92 Å². The zero-order valence-corrected chi connectivity index (χ0v) is 18.7. The van der Waals surface area contributed by atoms with Gasteiger partial charge in [-0.3, -0.25) is 4.79 Å². The van der Waals surface area contributed by atoms with Crippen molar-refractivity contribution in [2.75, 3.05) is 20.2 Å². The van der Waals surface area contributed by atoms with Gasteiger partial charge in [0.25, 0.3) is 5.91 Å². The van der Waals surface area contributed by atoms with Crippen molar-refractivity contribution < 1.29 is 13.9 Å². The van der Waals surface area contributed by atoms with Crippen LogP contribution in [-0.4, -0.2) is 45.8 Å². The van der Waals surface area contributed by atoms with E-state index in [1.54, 1.807) is 17.7 Å². The number of fused-ring (bicyclic) bond motifs is 1. The van der Waals surface area contributed by atoms with Gasteiger partial charge in [0.2, 0.25) is 0 Å². The molecule has 0 radical (unpaired) electrons. The lowest BCUT2D eigenvalue weighted by Gasteiger charge is -2.31. The van der Waals surface area contributed by atoms with Crippen LogP contribution in [0.1, 0.15) is 34.8 Å². The predicted octanol–water partition coefficient (Wildman–Crippen LogP) is 3.72. The first-order chi connectivity index (χ1) is 16.0. The van der Waals surface area contributed by atoms with Crippen LogP contribution in [0.3, 0.4) is 0 Å². The number of carbonyl (C=O) groups is 1. The summed E-state index contributed by atoms with van der Waals surface area (Å²) in [5.74, 6) is 2.04. The van der Waals surface area contributed by atoms with Crippen LogP contribution in [0.5, 0.6) is 5.75 Å². The lowest BCUT2D eigenvalue weighted by atomic mass is 9.93. The second-order valence-corrected chi connectivity index (χ2v) is 8.52. The summed E-state index contributed by atoms with van der Waals surface area (Å²) in [6.45, 7) is 3.27. The van der Waals surface area contributed by atoms with E-state index in [-0.39, 0.29) is 11.6 Å². The number of hydrogen-bond acceptors (Lipinski definition) is 5. The quantitative estimate of drug-likeness (QED) is 0.504. The number of aromatic nitrogens is 3. The van der Waals surface area contributed by atoms with Crippen molar-refractivity contribution in [3.63, 3.8) is 0 Å². The zero-order valence-electron chi connectivity index (χ0n) is 18.7. The van der Waals surface area contributed by atoms with E-state index in [1.165, 1.54) is 0 Å². The number of H-pyrrole nitrogens is 1. The monoisotopic (exact) mass is 446 g/mol.